The van der Waals surface area contributed by atoms with Gasteiger partial charge in [-0.2, -0.15) is 0 Å². The summed E-state index contributed by atoms with van der Waals surface area (Å²) in [7, 11) is 0. The van der Waals surface area contributed by atoms with E-state index in [0.717, 1.165) is 22.3 Å². The molecule has 4 rings (SSSR count). The summed E-state index contributed by atoms with van der Waals surface area (Å²) in [5.74, 6) is 0.492. The highest BCUT2D eigenvalue weighted by Gasteiger charge is 2.24. The van der Waals surface area contributed by atoms with Gasteiger partial charge in [-0.15, -0.1) is 0 Å². The van der Waals surface area contributed by atoms with Gasteiger partial charge < -0.3 is 14.4 Å². The predicted molar refractivity (Wildman–Crippen MR) is 97.4 cm³/mol. The lowest BCUT2D eigenvalue weighted by molar-refractivity contribution is -0.123. The van der Waals surface area contributed by atoms with Gasteiger partial charge in [0.25, 0.3) is 0 Å². The number of aryl methyl sites for hydroxylation is 1. The molecule has 1 amide bonds. The molecule has 0 radical (unpaired) electrons. The average Bonchev–Trinajstić information content (AvgIpc) is 3.28. The highest BCUT2D eigenvalue weighted by molar-refractivity contribution is 5.86. The van der Waals surface area contributed by atoms with Crippen molar-refractivity contribution in [2.75, 3.05) is 0 Å². The standard InChI is InChI=1S/C20H18N4O2/c1-14-11-16(26-23-14)12-21-20(25)19(15-7-3-2-4-8-15)24-13-22-17-9-5-6-10-18(17)24/h2-11,13,19H,12H2,1H3,(H,21,25)/t19-/m1/s1. The second-order valence-electron chi connectivity index (χ2n) is 6.11. The van der Waals surface area contributed by atoms with E-state index >= 15 is 0 Å². The third-order valence-electron chi connectivity index (χ3n) is 4.24. The fraction of sp³-hybridized carbons (Fsp3) is 0.150. The van der Waals surface area contributed by atoms with E-state index in [1.807, 2.05) is 72.2 Å². The zero-order chi connectivity index (χ0) is 17.9. The fourth-order valence-corrected chi connectivity index (χ4v) is 3.03. The largest absolute Gasteiger partial charge is 0.359 e. The lowest BCUT2D eigenvalue weighted by Crippen LogP contribution is -2.32. The van der Waals surface area contributed by atoms with Crippen molar-refractivity contribution >= 4 is 16.9 Å². The molecule has 130 valence electrons. The second kappa shape index (κ2) is 6.84. The maximum absolute atomic E-state index is 13.0. The summed E-state index contributed by atoms with van der Waals surface area (Å²) in [4.78, 5) is 17.5. The van der Waals surface area contributed by atoms with Crippen LogP contribution in [0.5, 0.6) is 0 Å². The molecule has 1 N–H and O–H groups in total. The summed E-state index contributed by atoms with van der Waals surface area (Å²) >= 11 is 0. The van der Waals surface area contributed by atoms with Crippen molar-refractivity contribution < 1.29 is 9.32 Å². The van der Waals surface area contributed by atoms with Crippen LogP contribution < -0.4 is 5.32 Å². The van der Waals surface area contributed by atoms with Crippen molar-refractivity contribution in [1.29, 1.82) is 0 Å². The Morgan fingerprint density at radius 1 is 1.15 bits per heavy atom. The minimum atomic E-state index is -0.521. The number of nitrogens with one attached hydrogen (secondary N) is 1. The number of amides is 1. The summed E-state index contributed by atoms with van der Waals surface area (Å²) in [6.45, 7) is 2.13. The molecule has 0 saturated carbocycles. The third-order valence-corrected chi connectivity index (χ3v) is 4.24. The van der Waals surface area contributed by atoms with Gasteiger partial charge in [-0.1, -0.05) is 47.6 Å². The molecule has 0 fully saturated rings. The van der Waals surface area contributed by atoms with Crippen LogP contribution in [-0.4, -0.2) is 20.6 Å². The van der Waals surface area contributed by atoms with Gasteiger partial charge in [-0.05, 0) is 24.6 Å². The minimum absolute atomic E-state index is 0.131. The maximum Gasteiger partial charge on any atom is 0.248 e. The maximum atomic E-state index is 13.0. The number of carbonyl (C=O) groups is 1. The average molecular weight is 346 g/mol. The van der Waals surface area contributed by atoms with Crippen LogP contribution in [0.25, 0.3) is 11.0 Å². The van der Waals surface area contributed by atoms with Gasteiger partial charge in [0.2, 0.25) is 5.91 Å². The molecular formula is C20H18N4O2. The molecule has 0 aliphatic rings. The third kappa shape index (κ3) is 3.09. The monoisotopic (exact) mass is 346 g/mol. The first-order valence-corrected chi connectivity index (χ1v) is 8.39. The van der Waals surface area contributed by atoms with E-state index in [9.17, 15) is 4.79 Å². The van der Waals surface area contributed by atoms with Crippen LogP contribution >= 0.6 is 0 Å². The van der Waals surface area contributed by atoms with Crippen molar-refractivity contribution in [3.05, 3.63) is 84.0 Å². The van der Waals surface area contributed by atoms with Crippen LogP contribution in [0, 0.1) is 6.92 Å². The van der Waals surface area contributed by atoms with Crippen LogP contribution in [0.1, 0.15) is 23.1 Å². The van der Waals surface area contributed by atoms with E-state index in [0.29, 0.717) is 5.76 Å². The Bertz CT molecular complexity index is 1040. The first-order valence-electron chi connectivity index (χ1n) is 8.39. The quantitative estimate of drug-likeness (QED) is 0.602. The summed E-state index contributed by atoms with van der Waals surface area (Å²) in [6, 6.07) is 18.7. The molecule has 2 heterocycles. The van der Waals surface area contributed by atoms with E-state index in [1.54, 1.807) is 6.33 Å². The first kappa shape index (κ1) is 16.1. The number of hydrogen-bond donors (Lipinski definition) is 1. The number of rotatable bonds is 5. The lowest BCUT2D eigenvalue weighted by atomic mass is 10.1. The highest BCUT2D eigenvalue weighted by atomic mass is 16.5. The van der Waals surface area contributed by atoms with Crippen molar-refractivity contribution in [2.45, 2.75) is 19.5 Å². The summed E-state index contributed by atoms with van der Waals surface area (Å²) in [5.41, 5.74) is 3.44. The molecular weight excluding hydrogens is 328 g/mol. The molecule has 0 unspecified atom stereocenters. The van der Waals surface area contributed by atoms with Crippen LogP contribution in [0.15, 0.2) is 71.5 Å². The summed E-state index contributed by atoms with van der Waals surface area (Å²) in [5, 5.41) is 6.79. The van der Waals surface area contributed by atoms with Crippen molar-refractivity contribution in [1.82, 2.24) is 20.0 Å². The normalized spacial score (nSPS) is 12.2. The number of nitrogens with zero attached hydrogens (tertiary/aromatic N) is 3. The lowest BCUT2D eigenvalue weighted by Gasteiger charge is -2.19. The van der Waals surface area contributed by atoms with Crippen LogP contribution in [-0.2, 0) is 11.3 Å². The molecule has 2 aromatic heterocycles. The van der Waals surface area contributed by atoms with Crippen molar-refractivity contribution in [3.8, 4) is 0 Å². The molecule has 4 aromatic rings. The van der Waals surface area contributed by atoms with Gasteiger partial charge in [0, 0.05) is 6.07 Å². The molecule has 1 atom stereocenters. The Kier molecular flexibility index (Phi) is 4.23. The highest BCUT2D eigenvalue weighted by Crippen LogP contribution is 2.24. The molecule has 2 aromatic carbocycles. The molecule has 0 saturated heterocycles. The zero-order valence-electron chi connectivity index (χ0n) is 14.3. The SMILES string of the molecule is Cc1cc(CNC(=O)[C@@H](c2ccccc2)n2cnc3ccccc32)on1. The molecule has 6 heteroatoms. The Labute approximate surface area is 150 Å². The van der Waals surface area contributed by atoms with Gasteiger partial charge in [0.1, 0.15) is 6.04 Å². The van der Waals surface area contributed by atoms with Gasteiger partial charge in [-0.25, -0.2) is 4.98 Å². The van der Waals surface area contributed by atoms with Crippen LogP contribution in [0.2, 0.25) is 0 Å². The number of fused-ring (bicyclic) bond motifs is 1. The molecule has 26 heavy (non-hydrogen) atoms. The number of benzene rings is 2. The molecule has 6 nitrogen and oxygen atoms in total. The Morgan fingerprint density at radius 3 is 2.69 bits per heavy atom. The molecule has 0 aliphatic heterocycles. The Morgan fingerprint density at radius 2 is 1.92 bits per heavy atom. The number of carbonyl (C=O) groups excluding carboxylic acids is 1. The smallest absolute Gasteiger partial charge is 0.248 e. The van der Waals surface area contributed by atoms with Gasteiger partial charge in [-0.3, -0.25) is 4.79 Å². The topological polar surface area (TPSA) is 73.0 Å². The zero-order valence-corrected chi connectivity index (χ0v) is 14.3. The minimum Gasteiger partial charge on any atom is -0.359 e. The van der Waals surface area contributed by atoms with Gasteiger partial charge in [0.05, 0.1) is 29.6 Å². The molecule has 0 aliphatic carbocycles. The number of hydrogen-bond acceptors (Lipinski definition) is 4. The number of imidazole rings is 1. The van der Waals surface area contributed by atoms with E-state index < -0.39 is 6.04 Å². The summed E-state index contributed by atoms with van der Waals surface area (Å²) < 4.78 is 7.07. The van der Waals surface area contributed by atoms with Crippen molar-refractivity contribution in [2.24, 2.45) is 0 Å². The molecule has 0 spiro atoms. The first-order chi connectivity index (χ1) is 12.7. The van der Waals surface area contributed by atoms with E-state index in [2.05, 4.69) is 15.5 Å². The van der Waals surface area contributed by atoms with E-state index in [4.69, 9.17) is 4.52 Å². The van der Waals surface area contributed by atoms with E-state index in [1.165, 1.54) is 0 Å². The van der Waals surface area contributed by atoms with Crippen LogP contribution in [0.3, 0.4) is 0 Å². The van der Waals surface area contributed by atoms with E-state index in [-0.39, 0.29) is 12.5 Å². The van der Waals surface area contributed by atoms with Crippen LogP contribution in [0.4, 0.5) is 0 Å². The number of aromatic nitrogens is 3. The van der Waals surface area contributed by atoms with Gasteiger partial charge >= 0.3 is 0 Å². The number of para-hydroxylation sites is 2. The van der Waals surface area contributed by atoms with Gasteiger partial charge in [0.15, 0.2) is 5.76 Å². The Hall–Kier alpha value is -3.41. The predicted octanol–water partition coefficient (Wildman–Crippen LogP) is 3.24. The second-order valence-corrected chi connectivity index (χ2v) is 6.11. The molecule has 0 bridgehead atoms. The van der Waals surface area contributed by atoms with Crippen molar-refractivity contribution in [3.63, 3.8) is 0 Å². The fourth-order valence-electron chi connectivity index (χ4n) is 3.03. The summed E-state index contributed by atoms with van der Waals surface area (Å²) in [6.07, 6.45) is 1.71. The Balaban J connectivity index is 1.68.